The summed E-state index contributed by atoms with van der Waals surface area (Å²) in [5, 5.41) is 10.4. The van der Waals surface area contributed by atoms with E-state index in [-0.39, 0.29) is 11.7 Å². The van der Waals surface area contributed by atoms with Gasteiger partial charge in [0, 0.05) is 25.4 Å². The number of thioether (sulfide) groups is 1. The van der Waals surface area contributed by atoms with Crippen molar-refractivity contribution in [3.05, 3.63) is 77.1 Å². The Bertz CT molecular complexity index is 1110. The number of aryl methyl sites for hydroxylation is 2. The number of carbonyl (C=O) groups is 2. The number of rotatable bonds is 5. The van der Waals surface area contributed by atoms with E-state index in [1.54, 1.807) is 6.20 Å². The number of nitrogens with zero attached hydrogens (tertiary/aromatic N) is 3. The molecule has 2 heterocycles. The number of aromatic nitrogens is 2. The van der Waals surface area contributed by atoms with Crippen molar-refractivity contribution in [1.82, 2.24) is 14.5 Å². The highest BCUT2D eigenvalue weighted by Gasteiger charge is 2.34. The molecule has 1 atom stereocenters. The van der Waals surface area contributed by atoms with Gasteiger partial charge in [-0.2, -0.15) is 0 Å². The van der Waals surface area contributed by atoms with Crippen molar-refractivity contribution in [3.8, 4) is 5.69 Å². The van der Waals surface area contributed by atoms with Crippen LogP contribution in [0.1, 0.15) is 22.3 Å². The zero-order valence-corrected chi connectivity index (χ0v) is 17.7. The second kappa shape index (κ2) is 8.36. The van der Waals surface area contributed by atoms with Gasteiger partial charge >= 0.3 is 5.97 Å². The van der Waals surface area contributed by atoms with E-state index >= 15 is 0 Å². The lowest BCUT2D eigenvalue weighted by molar-refractivity contribution is -0.150. The Morgan fingerprint density at radius 3 is 2.67 bits per heavy atom. The Labute approximate surface area is 179 Å². The van der Waals surface area contributed by atoms with E-state index in [1.165, 1.54) is 22.2 Å². The van der Waals surface area contributed by atoms with Crippen LogP contribution in [0.25, 0.3) is 5.69 Å². The normalized spacial score (nSPS) is 15.7. The molecule has 1 amide bonds. The zero-order valence-electron chi connectivity index (χ0n) is 16.9. The molecule has 154 valence electrons. The van der Waals surface area contributed by atoms with E-state index in [0.717, 1.165) is 22.4 Å². The van der Waals surface area contributed by atoms with Crippen molar-refractivity contribution >= 4 is 23.6 Å². The molecule has 1 aliphatic rings. The molecule has 0 radical (unpaired) electrons. The molecule has 0 saturated carbocycles. The monoisotopic (exact) mass is 421 g/mol. The number of benzene rings is 2. The molecule has 3 aromatic rings. The van der Waals surface area contributed by atoms with Crippen molar-refractivity contribution in [2.45, 2.75) is 38.0 Å². The highest BCUT2D eigenvalue weighted by atomic mass is 32.2. The molecule has 0 fully saturated rings. The van der Waals surface area contributed by atoms with Crippen LogP contribution in [0.5, 0.6) is 0 Å². The highest BCUT2D eigenvalue weighted by Crippen LogP contribution is 2.27. The maximum absolute atomic E-state index is 13.0. The number of carboxylic acids is 1. The Balaban J connectivity index is 1.51. The van der Waals surface area contributed by atoms with Gasteiger partial charge in [0.05, 0.1) is 11.4 Å². The summed E-state index contributed by atoms with van der Waals surface area (Å²) in [5.41, 5.74) is 5.33. The van der Waals surface area contributed by atoms with E-state index in [1.807, 2.05) is 54.1 Å². The minimum atomic E-state index is -0.973. The Kier molecular flexibility index (Phi) is 5.63. The molecule has 4 rings (SSSR count). The van der Waals surface area contributed by atoms with Gasteiger partial charge < -0.3 is 10.0 Å². The van der Waals surface area contributed by atoms with E-state index in [9.17, 15) is 14.7 Å². The van der Waals surface area contributed by atoms with Gasteiger partial charge in [-0.3, -0.25) is 9.36 Å². The second-order valence-electron chi connectivity index (χ2n) is 7.51. The average Bonchev–Trinajstić information content (AvgIpc) is 3.19. The number of carbonyl (C=O) groups excluding carboxylic acids is 1. The molecule has 2 aromatic carbocycles. The maximum atomic E-state index is 13.0. The summed E-state index contributed by atoms with van der Waals surface area (Å²) < 4.78 is 1.97. The molecule has 0 unspecified atom stereocenters. The van der Waals surface area contributed by atoms with Gasteiger partial charge in [0.2, 0.25) is 5.91 Å². The minimum absolute atomic E-state index is 0.133. The smallest absolute Gasteiger partial charge is 0.326 e. The van der Waals surface area contributed by atoms with Crippen molar-refractivity contribution in [3.63, 3.8) is 0 Å². The molecule has 1 N–H and O–H groups in total. The van der Waals surface area contributed by atoms with E-state index < -0.39 is 12.0 Å². The first-order valence-electron chi connectivity index (χ1n) is 9.77. The second-order valence-corrected chi connectivity index (χ2v) is 8.45. The fourth-order valence-electron chi connectivity index (χ4n) is 3.87. The molecule has 7 heteroatoms. The number of aliphatic carboxylic acids is 1. The van der Waals surface area contributed by atoms with Crippen LogP contribution in [-0.2, 0) is 22.6 Å². The number of imidazole rings is 1. The van der Waals surface area contributed by atoms with Gasteiger partial charge in [0.1, 0.15) is 6.04 Å². The van der Waals surface area contributed by atoms with E-state index in [0.29, 0.717) is 18.1 Å². The minimum Gasteiger partial charge on any atom is -0.480 e. The number of fused-ring (bicyclic) bond motifs is 1. The van der Waals surface area contributed by atoms with E-state index in [4.69, 9.17) is 0 Å². The summed E-state index contributed by atoms with van der Waals surface area (Å²) >= 11 is 1.33. The van der Waals surface area contributed by atoms with Gasteiger partial charge in [-0.1, -0.05) is 53.7 Å². The maximum Gasteiger partial charge on any atom is 0.326 e. The van der Waals surface area contributed by atoms with E-state index in [2.05, 4.69) is 18.0 Å². The predicted molar refractivity (Wildman–Crippen MR) is 116 cm³/mol. The van der Waals surface area contributed by atoms with Crippen LogP contribution < -0.4 is 0 Å². The lowest BCUT2D eigenvalue weighted by Gasteiger charge is -2.34. The largest absolute Gasteiger partial charge is 0.480 e. The van der Waals surface area contributed by atoms with Crippen molar-refractivity contribution in [1.29, 1.82) is 0 Å². The molecule has 1 aliphatic heterocycles. The first-order chi connectivity index (χ1) is 14.4. The number of hydrogen-bond acceptors (Lipinski definition) is 4. The van der Waals surface area contributed by atoms with Crippen molar-refractivity contribution in [2.24, 2.45) is 0 Å². The summed E-state index contributed by atoms with van der Waals surface area (Å²) in [6.45, 7) is 4.41. The summed E-state index contributed by atoms with van der Waals surface area (Å²) in [4.78, 5) is 30.7. The van der Waals surface area contributed by atoms with Gasteiger partial charge in [-0.15, -0.1) is 0 Å². The molecule has 0 bridgehead atoms. The molecular formula is C23H23N3O3S. The summed E-state index contributed by atoms with van der Waals surface area (Å²) in [6, 6.07) is 13.1. The average molecular weight is 422 g/mol. The Morgan fingerprint density at radius 2 is 1.93 bits per heavy atom. The zero-order chi connectivity index (χ0) is 21.3. The molecule has 6 nitrogen and oxygen atoms in total. The molecule has 0 spiro atoms. The quantitative estimate of drug-likeness (QED) is 0.637. The van der Waals surface area contributed by atoms with Gasteiger partial charge in [0.15, 0.2) is 5.16 Å². The molecule has 1 aromatic heterocycles. The standard InChI is InChI=1S/C23H23N3O3S/c1-15-7-8-19(16(2)11-15)25-10-9-24-23(25)30-14-21(27)26-13-18-6-4-3-5-17(18)12-20(26)22(28)29/h3-11,20H,12-14H2,1-2H3,(H,28,29)/t20-/m1/s1. The first-order valence-corrected chi connectivity index (χ1v) is 10.8. The van der Waals surface area contributed by atoms with Crippen LogP contribution in [0.15, 0.2) is 60.0 Å². The third-order valence-corrected chi connectivity index (χ3v) is 6.35. The lowest BCUT2D eigenvalue weighted by Crippen LogP contribution is -2.49. The third-order valence-electron chi connectivity index (χ3n) is 5.40. The SMILES string of the molecule is Cc1ccc(-n2ccnc2SCC(=O)N2Cc3ccccc3C[C@@H]2C(=O)O)c(C)c1. The predicted octanol–water partition coefficient (Wildman–Crippen LogP) is 3.62. The molecular weight excluding hydrogens is 398 g/mol. The lowest BCUT2D eigenvalue weighted by atomic mass is 9.94. The van der Waals surface area contributed by atoms with Crippen LogP contribution >= 0.6 is 11.8 Å². The van der Waals surface area contributed by atoms with Crippen LogP contribution in [0.2, 0.25) is 0 Å². The van der Waals surface area contributed by atoms with Gasteiger partial charge in [0.25, 0.3) is 0 Å². The van der Waals surface area contributed by atoms with Crippen LogP contribution in [0.4, 0.5) is 0 Å². The highest BCUT2D eigenvalue weighted by molar-refractivity contribution is 7.99. The summed E-state index contributed by atoms with van der Waals surface area (Å²) in [6.07, 6.45) is 3.92. The molecule has 30 heavy (non-hydrogen) atoms. The fraction of sp³-hybridized carbons (Fsp3) is 0.261. The van der Waals surface area contributed by atoms with Crippen LogP contribution in [-0.4, -0.2) is 43.2 Å². The summed E-state index contributed by atoms with van der Waals surface area (Å²) in [5.74, 6) is -1.04. The van der Waals surface area contributed by atoms with Crippen molar-refractivity contribution < 1.29 is 14.7 Å². The van der Waals surface area contributed by atoms with Gasteiger partial charge in [-0.05, 0) is 36.6 Å². The van der Waals surface area contributed by atoms with Crippen LogP contribution in [0, 0.1) is 13.8 Å². The number of hydrogen-bond donors (Lipinski definition) is 1. The van der Waals surface area contributed by atoms with Crippen molar-refractivity contribution in [2.75, 3.05) is 5.75 Å². The molecule has 0 aliphatic carbocycles. The number of carboxylic acid groups (broad SMARTS) is 1. The topological polar surface area (TPSA) is 75.4 Å². The Morgan fingerprint density at radius 1 is 1.17 bits per heavy atom. The number of amides is 1. The summed E-state index contributed by atoms with van der Waals surface area (Å²) in [7, 11) is 0. The fourth-order valence-corrected chi connectivity index (χ4v) is 4.72. The van der Waals surface area contributed by atoms with Gasteiger partial charge in [-0.25, -0.2) is 9.78 Å². The first kappa shape index (κ1) is 20.2. The molecule has 0 saturated heterocycles. The van der Waals surface area contributed by atoms with Crippen LogP contribution in [0.3, 0.4) is 0 Å². The Hall–Kier alpha value is -3.06. The third kappa shape index (κ3) is 3.98.